The first-order valence-electron chi connectivity index (χ1n) is 18.8. The van der Waals surface area contributed by atoms with Gasteiger partial charge in [-0.3, -0.25) is 9.69 Å². The lowest BCUT2D eigenvalue weighted by Crippen LogP contribution is -2.48. The SMILES string of the molecule is CCCCCCCCCCCCCCCCCCCCCCCCCCCCC(=O)CN1CCN(CCCO)CC1. The van der Waals surface area contributed by atoms with Gasteiger partial charge in [0.2, 0.25) is 0 Å². The number of piperazine rings is 1. The van der Waals surface area contributed by atoms with Crippen molar-refractivity contribution in [2.75, 3.05) is 45.9 Å². The van der Waals surface area contributed by atoms with E-state index in [9.17, 15) is 4.79 Å². The summed E-state index contributed by atoms with van der Waals surface area (Å²) in [6, 6.07) is 0. The molecule has 41 heavy (non-hydrogen) atoms. The molecule has 0 amide bonds. The molecule has 0 aliphatic carbocycles. The molecule has 0 unspecified atom stereocenters. The molecule has 1 heterocycles. The third-order valence-corrected chi connectivity index (χ3v) is 9.31. The Kier molecular flexibility index (Phi) is 29.2. The largest absolute Gasteiger partial charge is 0.396 e. The fraction of sp³-hybridized carbons (Fsp3) is 0.973. The number of rotatable bonds is 32. The summed E-state index contributed by atoms with van der Waals surface area (Å²) in [5.41, 5.74) is 0. The molecule has 0 bridgehead atoms. The van der Waals surface area contributed by atoms with Crippen LogP contribution in [0.1, 0.15) is 187 Å². The maximum absolute atomic E-state index is 12.3. The predicted octanol–water partition coefficient (Wildman–Crippen LogP) is 10.1. The second kappa shape index (κ2) is 31.0. The fourth-order valence-electron chi connectivity index (χ4n) is 6.43. The van der Waals surface area contributed by atoms with Crippen LogP contribution in [0.3, 0.4) is 0 Å². The van der Waals surface area contributed by atoms with Crippen molar-refractivity contribution in [3.8, 4) is 0 Å². The van der Waals surface area contributed by atoms with Crippen LogP contribution in [0.2, 0.25) is 0 Å². The lowest BCUT2D eigenvalue weighted by molar-refractivity contribution is -0.120. The Balaban J connectivity index is 1.69. The highest BCUT2D eigenvalue weighted by atomic mass is 16.3. The van der Waals surface area contributed by atoms with Crippen LogP contribution < -0.4 is 0 Å². The van der Waals surface area contributed by atoms with Crippen LogP contribution in [-0.4, -0.2) is 66.6 Å². The first kappa shape index (κ1) is 38.6. The second-order valence-electron chi connectivity index (χ2n) is 13.3. The summed E-state index contributed by atoms with van der Waals surface area (Å²) in [4.78, 5) is 17.0. The predicted molar refractivity (Wildman–Crippen MR) is 180 cm³/mol. The van der Waals surface area contributed by atoms with E-state index in [1.807, 2.05) is 0 Å². The van der Waals surface area contributed by atoms with Crippen molar-refractivity contribution >= 4 is 5.78 Å². The van der Waals surface area contributed by atoms with E-state index < -0.39 is 0 Å². The molecule has 1 aliphatic rings. The molecule has 0 spiro atoms. The fourth-order valence-corrected chi connectivity index (χ4v) is 6.43. The summed E-state index contributed by atoms with van der Waals surface area (Å²) in [7, 11) is 0. The summed E-state index contributed by atoms with van der Waals surface area (Å²) in [6.45, 7) is 8.27. The number of Topliss-reactive ketones (excluding diaryl/α,β-unsaturated/α-hetero) is 1. The first-order valence-corrected chi connectivity index (χ1v) is 18.8. The van der Waals surface area contributed by atoms with Crippen molar-refractivity contribution in [2.24, 2.45) is 0 Å². The van der Waals surface area contributed by atoms with Crippen LogP contribution in [0.25, 0.3) is 0 Å². The Morgan fingerprint density at radius 3 is 1.12 bits per heavy atom. The maximum atomic E-state index is 12.3. The smallest absolute Gasteiger partial charge is 0.146 e. The summed E-state index contributed by atoms with van der Waals surface area (Å²) < 4.78 is 0. The van der Waals surface area contributed by atoms with Crippen molar-refractivity contribution in [1.29, 1.82) is 0 Å². The number of carbonyl (C=O) groups excluding carboxylic acids is 1. The molecule has 0 aromatic carbocycles. The van der Waals surface area contributed by atoms with Gasteiger partial charge in [-0.15, -0.1) is 0 Å². The highest BCUT2D eigenvalue weighted by Gasteiger charge is 2.18. The minimum atomic E-state index is 0.276. The normalized spacial score (nSPS) is 14.7. The monoisotopic (exact) mass is 579 g/mol. The van der Waals surface area contributed by atoms with E-state index in [0.29, 0.717) is 12.3 Å². The Morgan fingerprint density at radius 2 is 0.780 bits per heavy atom. The Labute approximate surface area is 257 Å². The molecule has 244 valence electrons. The zero-order valence-corrected chi connectivity index (χ0v) is 28.0. The molecule has 1 saturated heterocycles. The van der Waals surface area contributed by atoms with Crippen LogP contribution in [0.15, 0.2) is 0 Å². The van der Waals surface area contributed by atoms with E-state index in [2.05, 4.69) is 16.7 Å². The lowest BCUT2D eigenvalue weighted by atomic mass is 10.0. The van der Waals surface area contributed by atoms with Gasteiger partial charge in [0.05, 0.1) is 6.54 Å². The molecular weight excluding hydrogens is 504 g/mol. The first-order chi connectivity index (χ1) is 20.3. The summed E-state index contributed by atoms with van der Waals surface area (Å²) in [5.74, 6) is 0.429. The number of aliphatic hydroxyl groups excluding tert-OH is 1. The Morgan fingerprint density at radius 1 is 0.463 bits per heavy atom. The molecule has 0 aromatic heterocycles. The van der Waals surface area contributed by atoms with Crippen molar-refractivity contribution in [3.63, 3.8) is 0 Å². The van der Waals surface area contributed by atoms with Gasteiger partial charge in [0.25, 0.3) is 0 Å². The van der Waals surface area contributed by atoms with Gasteiger partial charge in [0.15, 0.2) is 0 Å². The van der Waals surface area contributed by atoms with Gasteiger partial charge in [-0.25, -0.2) is 0 Å². The van der Waals surface area contributed by atoms with Crippen LogP contribution in [0.4, 0.5) is 0 Å². The third kappa shape index (κ3) is 26.9. The molecule has 4 nitrogen and oxygen atoms in total. The molecule has 0 atom stereocenters. The van der Waals surface area contributed by atoms with Crippen LogP contribution >= 0.6 is 0 Å². The zero-order valence-electron chi connectivity index (χ0n) is 28.0. The van der Waals surface area contributed by atoms with Gasteiger partial charge < -0.3 is 10.0 Å². The Bertz CT molecular complexity index is 533. The number of aliphatic hydroxyl groups is 1. The molecule has 0 saturated carbocycles. The summed E-state index contributed by atoms with van der Waals surface area (Å²) in [6.07, 6.45) is 38.5. The molecule has 0 radical (unpaired) electrons. The molecule has 4 heteroatoms. The average molecular weight is 579 g/mol. The van der Waals surface area contributed by atoms with Crippen LogP contribution in [0, 0.1) is 0 Å². The topological polar surface area (TPSA) is 43.8 Å². The van der Waals surface area contributed by atoms with Gasteiger partial charge in [-0.1, -0.05) is 167 Å². The highest BCUT2D eigenvalue weighted by Crippen LogP contribution is 2.16. The van der Waals surface area contributed by atoms with E-state index >= 15 is 0 Å². The van der Waals surface area contributed by atoms with Crippen molar-refractivity contribution in [3.05, 3.63) is 0 Å². The van der Waals surface area contributed by atoms with Crippen molar-refractivity contribution in [1.82, 2.24) is 9.80 Å². The molecule has 1 fully saturated rings. The van der Waals surface area contributed by atoms with Crippen LogP contribution in [0.5, 0.6) is 0 Å². The van der Waals surface area contributed by atoms with Crippen molar-refractivity contribution < 1.29 is 9.90 Å². The highest BCUT2D eigenvalue weighted by molar-refractivity contribution is 5.80. The number of unbranched alkanes of at least 4 members (excludes halogenated alkanes) is 25. The van der Waals surface area contributed by atoms with Gasteiger partial charge in [-0.2, -0.15) is 0 Å². The maximum Gasteiger partial charge on any atom is 0.146 e. The summed E-state index contributed by atoms with van der Waals surface area (Å²) in [5, 5.41) is 8.96. The van der Waals surface area contributed by atoms with Gasteiger partial charge in [0.1, 0.15) is 5.78 Å². The lowest BCUT2D eigenvalue weighted by Gasteiger charge is -2.34. The van der Waals surface area contributed by atoms with Crippen LogP contribution in [-0.2, 0) is 4.79 Å². The number of nitrogens with zero attached hydrogens (tertiary/aromatic N) is 2. The zero-order chi connectivity index (χ0) is 29.5. The standard InChI is InChI=1S/C37H74N2O2/c1-2-3-4-5-6-7-8-9-10-11-12-13-14-15-16-17-18-19-20-21-22-23-24-25-26-27-29-37(41)36-39-33-31-38(32-34-39)30-28-35-40/h40H,2-36H2,1H3. The summed E-state index contributed by atoms with van der Waals surface area (Å²) >= 11 is 0. The van der Waals surface area contributed by atoms with Crippen molar-refractivity contribution in [2.45, 2.75) is 187 Å². The van der Waals surface area contributed by atoms with Gasteiger partial charge >= 0.3 is 0 Å². The van der Waals surface area contributed by atoms with E-state index in [1.54, 1.807) is 0 Å². The van der Waals surface area contributed by atoms with Gasteiger partial charge in [-0.05, 0) is 12.8 Å². The van der Waals surface area contributed by atoms with E-state index in [4.69, 9.17) is 5.11 Å². The molecule has 1 N–H and O–H groups in total. The Hall–Kier alpha value is -0.450. The number of carbonyl (C=O) groups is 1. The van der Waals surface area contributed by atoms with E-state index in [1.165, 1.54) is 161 Å². The minimum Gasteiger partial charge on any atom is -0.396 e. The molecule has 1 aliphatic heterocycles. The third-order valence-electron chi connectivity index (χ3n) is 9.31. The minimum absolute atomic E-state index is 0.276. The molecule has 0 aromatic rings. The second-order valence-corrected chi connectivity index (χ2v) is 13.3. The quantitative estimate of drug-likeness (QED) is 0.0807. The number of ketones is 1. The van der Waals surface area contributed by atoms with Gasteiger partial charge in [0, 0.05) is 45.8 Å². The number of hydrogen-bond donors (Lipinski definition) is 1. The molecule has 1 rings (SSSR count). The molecular formula is C37H74N2O2. The average Bonchev–Trinajstić information content (AvgIpc) is 2.98. The van der Waals surface area contributed by atoms with E-state index in [0.717, 1.165) is 52.0 Å². The number of hydrogen-bond acceptors (Lipinski definition) is 4. The van der Waals surface area contributed by atoms with E-state index in [-0.39, 0.29) is 6.61 Å².